The lowest BCUT2D eigenvalue weighted by Crippen LogP contribution is -3.06. The summed E-state index contributed by atoms with van der Waals surface area (Å²) in [5, 5.41) is 11.5. The first-order valence-corrected chi connectivity index (χ1v) is 10.5. The van der Waals surface area contributed by atoms with Gasteiger partial charge in [-0.1, -0.05) is 49.7 Å². The molecule has 1 amide bonds. The highest BCUT2D eigenvalue weighted by Crippen LogP contribution is 2.39. The SMILES string of the molecule is CC(C)c1ccc([C@@H]2C(=C(O)c3ccc(Cl)cc3)C(=O)C(=O)N2CC[NH+](C)C)cc1. The zero-order chi connectivity index (χ0) is 22.0. The smallest absolute Gasteiger partial charge is 0.295 e. The van der Waals surface area contributed by atoms with Crippen molar-refractivity contribution in [2.24, 2.45) is 0 Å². The average molecular weight is 428 g/mol. The molecule has 5 nitrogen and oxygen atoms in total. The molecule has 0 spiro atoms. The third kappa shape index (κ3) is 4.42. The van der Waals surface area contributed by atoms with Crippen LogP contribution in [0.25, 0.3) is 5.76 Å². The molecular weight excluding hydrogens is 400 g/mol. The average Bonchev–Trinajstić information content (AvgIpc) is 2.97. The summed E-state index contributed by atoms with van der Waals surface area (Å²) in [5.41, 5.74) is 2.56. The Kier molecular flexibility index (Phi) is 6.64. The number of nitrogens with one attached hydrogen (secondary N) is 1. The second-order valence-corrected chi connectivity index (χ2v) is 8.71. The number of nitrogens with zero attached hydrogens (tertiary/aromatic N) is 1. The van der Waals surface area contributed by atoms with Crippen molar-refractivity contribution in [3.8, 4) is 0 Å². The largest absolute Gasteiger partial charge is 0.507 e. The van der Waals surface area contributed by atoms with Crippen LogP contribution < -0.4 is 4.90 Å². The fraction of sp³-hybridized carbons (Fsp3) is 0.333. The molecule has 0 radical (unpaired) electrons. The maximum Gasteiger partial charge on any atom is 0.295 e. The van der Waals surface area contributed by atoms with Crippen LogP contribution in [0.5, 0.6) is 0 Å². The maximum atomic E-state index is 13.0. The fourth-order valence-corrected chi connectivity index (χ4v) is 3.75. The molecule has 0 saturated carbocycles. The number of carbonyl (C=O) groups is 2. The highest BCUT2D eigenvalue weighted by molar-refractivity contribution is 6.46. The van der Waals surface area contributed by atoms with Crippen LogP contribution in [0.1, 0.15) is 42.5 Å². The fourth-order valence-electron chi connectivity index (χ4n) is 3.63. The van der Waals surface area contributed by atoms with E-state index in [1.54, 1.807) is 29.2 Å². The second kappa shape index (κ2) is 9.02. The summed E-state index contributed by atoms with van der Waals surface area (Å²) in [6, 6.07) is 13.9. The number of Topliss-reactive ketones (excluding diaryl/α,β-unsaturated/α-hetero) is 1. The van der Waals surface area contributed by atoms with Crippen LogP contribution in [0.15, 0.2) is 54.1 Å². The molecule has 1 saturated heterocycles. The molecule has 158 valence electrons. The van der Waals surface area contributed by atoms with Crippen molar-refractivity contribution in [1.82, 2.24) is 4.90 Å². The normalized spacial score (nSPS) is 18.6. The van der Waals surface area contributed by atoms with Crippen LogP contribution >= 0.6 is 11.6 Å². The van der Waals surface area contributed by atoms with Crippen molar-refractivity contribution < 1.29 is 19.6 Å². The predicted molar refractivity (Wildman–Crippen MR) is 119 cm³/mol. The molecule has 0 unspecified atom stereocenters. The van der Waals surface area contributed by atoms with Gasteiger partial charge in [-0.3, -0.25) is 9.59 Å². The van der Waals surface area contributed by atoms with E-state index in [0.29, 0.717) is 29.6 Å². The molecule has 1 atom stereocenters. The minimum absolute atomic E-state index is 0.119. The summed E-state index contributed by atoms with van der Waals surface area (Å²) in [6.45, 7) is 5.33. The van der Waals surface area contributed by atoms with E-state index < -0.39 is 17.7 Å². The van der Waals surface area contributed by atoms with Gasteiger partial charge in [0, 0.05) is 10.6 Å². The van der Waals surface area contributed by atoms with Crippen molar-refractivity contribution in [3.63, 3.8) is 0 Å². The zero-order valence-corrected chi connectivity index (χ0v) is 18.5. The monoisotopic (exact) mass is 427 g/mol. The number of aliphatic hydroxyl groups excluding tert-OH is 1. The first kappa shape index (κ1) is 22.1. The molecule has 6 heteroatoms. The summed E-state index contributed by atoms with van der Waals surface area (Å²) in [5.74, 6) is -1.04. The number of likely N-dealkylation sites (tertiary alicyclic amines) is 1. The van der Waals surface area contributed by atoms with Gasteiger partial charge in [-0.15, -0.1) is 0 Å². The summed E-state index contributed by atoms with van der Waals surface area (Å²) in [4.78, 5) is 28.6. The minimum Gasteiger partial charge on any atom is -0.507 e. The first-order valence-electron chi connectivity index (χ1n) is 10.1. The maximum absolute atomic E-state index is 13.0. The Bertz CT molecular complexity index is 963. The van der Waals surface area contributed by atoms with Crippen molar-refractivity contribution in [2.45, 2.75) is 25.8 Å². The van der Waals surface area contributed by atoms with E-state index in [1.807, 2.05) is 38.4 Å². The Hall–Kier alpha value is -2.63. The molecule has 0 bridgehead atoms. The summed E-state index contributed by atoms with van der Waals surface area (Å²) >= 11 is 5.96. The number of benzene rings is 2. The van der Waals surface area contributed by atoms with E-state index in [2.05, 4.69) is 13.8 Å². The molecule has 0 aliphatic carbocycles. The standard InChI is InChI=1S/C24H27ClN2O3/c1-15(2)16-5-7-17(8-6-16)21-20(22(28)18-9-11-19(25)12-10-18)23(29)24(30)27(21)14-13-26(3)4/h5-12,15,21,28H,13-14H2,1-4H3/p+1/t21-/m1/s1. The van der Waals surface area contributed by atoms with Crippen LogP contribution in [-0.2, 0) is 9.59 Å². The summed E-state index contributed by atoms with van der Waals surface area (Å²) < 4.78 is 0. The van der Waals surface area contributed by atoms with Gasteiger partial charge in [-0.25, -0.2) is 0 Å². The van der Waals surface area contributed by atoms with Crippen LogP contribution in [0, 0.1) is 0 Å². The number of amides is 1. The number of ketones is 1. The van der Waals surface area contributed by atoms with E-state index >= 15 is 0 Å². The van der Waals surface area contributed by atoms with E-state index in [4.69, 9.17) is 11.6 Å². The number of hydrogen-bond donors (Lipinski definition) is 2. The highest BCUT2D eigenvalue weighted by atomic mass is 35.5. The van der Waals surface area contributed by atoms with Gasteiger partial charge in [0.1, 0.15) is 5.76 Å². The molecule has 1 heterocycles. The van der Waals surface area contributed by atoms with Crippen molar-refractivity contribution in [2.75, 3.05) is 27.2 Å². The molecule has 2 aromatic carbocycles. The van der Waals surface area contributed by atoms with Gasteiger partial charge in [-0.05, 0) is 41.3 Å². The van der Waals surface area contributed by atoms with Crippen molar-refractivity contribution in [3.05, 3.63) is 75.8 Å². The minimum atomic E-state index is -0.658. The molecule has 30 heavy (non-hydrogen) atoms. The zero-order valence-electron chi connectivity index (χ0n) is 17.8. The lowest BCUT2D eigenvalue weighted by molar-refractivity contribution is -0.857. The van der Waals surface area contributed by atoms with Gasteiger partial charge in [0.25, 0.3) is 11.7 Å². The van der Waals surface area contributed by atoms with Crippen molar-refractivity contribution >= 4 is 29.1 Å². The molecule has 2 aromatic rings. The molecule has 1 aliphatic rings. The number of likely N-dealkylation sites (N-methyl/N-ethyl adjacent to an activating group) is 1. The van der Waals surface area contributed by atoms with Crippen LogP contribution in [-0.4, -0.2) is 48.9 Å². The van der Waals surface area contributed by atoms with Crippen LogP contribution in [0.2, 0.25) is 5.02 Å². The van der Waals surface area contributed by atoms with Crippen LogP contribution in [0.3, 0.4) is 0 Å². The topological polar surface area (TPSA) is 62.0 Å². The molecule has 2 N–H and O–H groups in total. The Morgan fingerprint density at radius 3 is 2.20 bits per heavy atom. The van der Waals surface area contributed by atoms with E-state index in [1.165, 1.54) is 10.5 Å². The molecular formula is C24H28ClN2O3+. The third-order valence-electron chi connectivity index (χ3n) is 5.43. The molecule has 1 fully saturated rings. The van der Waals surface area contributed by atoms with E-state index in [0.717, 1.165) is 5.56 Å². The van der Waals surface area contributed by atoms with Crippen molar-refractivity contribution in [1.29, 1.82) is 0 Å². The Morgan fingerprint density at radius 2 is 1.67 bits per heavy atom. The second-order valence-electron chi connectivity index (χ2n) is 8.28. The molecule has 1 aliphatic heterocycles. The number of quaternary nitrogens is 1. The predicted octanol–water partition coefficient (Wildman–Crippen LogP) is 3.03. The van der Waals surface area contributed by atoms with Crippen LogP contribution in [0.4, 0.5) is 0 Å². The summed E-state index contributed by atoms with van der Waals surface area (Å²) in [6.07, 6.45) is 0. The Morgan fingerprint density at radius 1 is 1.07 bits per heavy atom. The molecule has 0 aromatic heterocycles. The lowest BCUT2D eigenvalue weighted by Gasteiger charge is -2.26. The number of aliphatic hydroxyl groups is 1. The number of carbonyl (C=O) groups excluding carboxylic acids is 2. The highest BCUT2D eigenvalue weighted by Gasteiger charge is 2.46. The van der Waals surface area contributed by atoms with E-state index in [-0.39, 0.29) is 11.3 Å². The van der Waals surface area contributed by atoms with Gasteiger partial charge < -0.3 is 14.9 Å². The van der Waals surface area contributed by atoms with Gasteiger partial charge >= 0.3 is 0 Å². The first-order chi connectivity index (χ1) is 14.2. The molecule has 3 rings (SSSR count). The lowest BCUT2D eigenvalue weighted by atomic mass is 9.93. The van der Waals surface area contributed by atoms with E-state index in [9.17, 15) is 14.7 Å². The third-order valence-corrected chi connectivity index (χ3v) is 5.68. The van der Waals surface area contributed by atoms with Gasteiger partial charge in [0.2, 0.25) is 0 Å². The number of halogens is 1. The number of rotatable bonds is 6. The van der Waals surface area contributed by atoms with Gasteiger partial charge in [0.05, 0.1) is 38.8 Å². The number of hydrogen-bond acceptors (Lipinski definition) is 3. The van der Waals surface area contributed by atoms with Gasteiger partial charge in [-0.2, -0.15) is 0 Å². The Labute approximate surface area is 182 Å². The Balaban J connectivity index is 2.12. The van der Waals surface area contributed by atoms with Gasteiger partial charge in [0.15, 0.2) is 0 Å². The summed E-state index contributed by atoms with van der Waals surface area (Å²) in [7, 11) is 3.99. The quantitative estimate of drug-likeness (QED) is 0.423.